The van der Waals surface area contributed by atoms with Crippen molar-refractivity contribution in [2.75, 3.05) is 29.9 Å². The lowest BCUT2D eigenvalue weighted by Crippen LogP contribution is -2.39. The van der Waals surface area contributed by atoms with E-state index >= 15 is 0 Å². The van der Waals surface area contributed by atoms with Crippen molar-refractivity contribution >= 4 is 17.3 Å². The molecule has 1 aromatic rings. The Morgan fingerprint density at radius 3 is 2.55 bits per heavy atom. The smallest absolute Gasteiger partial charge is 0.227 e. The molecule has 0 radical (unpaired) electrons. The number of carbonyl (C=O) groups excluding carboxylic acids is 1. The third-order valence-corrected chi connectivity index (χ3v) is 8.49. The first-order chi connectivity index (χ1) is 14.1. The van der Waals surface area contributed by atoms with E-state index < -0.39 is 0 Å². The Hall–Kier alpha value is -1.55. The van der Waals surface area contributed by atoms with E-state index in [0.717, 1.165) is 49.5 Å². The molecule has 4 nitrogen and oxygen atoms in total. The minimum Gasteiger partial charge on any atom is -0.370 e. The zero-order chi connectivity index (χ0) is 20.0. The van der Waals surface area contributed by atoms with Gasteiger partial charge >= 0.3 is 0 Å². The molecule has 5 rings (SSSR count). The van der Waals surface area contributed by atoms with Crippen molar-refractivity contribution in [1.82, 2.24) is 4.90 Å². The Kier molecular flexibility index (Phi) is 5.32. The van der Waals surface area contributed by atoms with Crippen LogP contribution in [0.5, 0.6) is 0 Å². The van der Waals surface area contributed by atoms with Crippen molar-refractivity contribution in [1.29, 1.82) is 0 Å². The molecule has 2 aliphatic heterocycles. The summed E-state index contributed by atoms with van der Waals surface area (Å²) in [4.78, 5) is 18.1. The summed E-state index contributed by atoms with van der Waals surface area (Å²) in [6.07, 6.45) is 10.2. The molecule has 158 valence electrons. The van der Waals surface area contributed by atoms with Gasteiger partial charge in [-0.15, -0.1) is 0 Å². The summed E-state index contributed by atoms with van der Waals surface area (Å²) >= 11 is 0. The zero-order valence-electron chi connectivity index (χ0n) is 18.2. The van der Waals surface area contributed by atoms with Crippen molar-refractivity contribution in [2.24, 2.45) is 17.8 Å². The van der Waals surface area contributed by atoms with Gasteiger partial charge in [0.05, 0.1) is 0 Å². The van der Waals surface area contributed by atoms with Gasteiger partial charge in [0.1, 0.15) is 0 Å². The highest BCUT2D eigenvalue weighted by atomic mass is 16.1. The lowest BCUT2D eigenvalue weighted by atomic mass is 9.62. The quantitative estimate of drug-likeness (QED) is 0.794. The van der Waals surface area contributed by atoms with E-state index in [1.807, 2.05) is 0 Å². The van der Waals surface area contributed by atoms with Gasteiger partial charge in [0.15, 0.2) is 0 Å². The number of hydrogen-bond donors (Lipinski definition) is 1. The number of hydrogen-bond acceptors (Lipinski definition) is 3. The number of likely N-dealkylation sites (tertiary alicyclic amines) is 1. The first kappa shape index (κ1) is 19.4. The molecule has 0 spiro atoms. The molecule has 4 fully saturated rings. The minimum absolute atomic E-state index is 0.220. The van der Waals surface area contributed by atoms with Crippen molar-refractivity contribution < 1.29 is 4.79 Å². The average molecular weight is 396 g/mol. The molecule has 0 bridgehead atoms. The summed E-state index contributed by atoms with van der Waals surface area (Å²) in [5.41, 5.74) is 3.49. The number of aryl methyl sites for hydroxylation is 1. The number of amides is 1. The van der Waals surface area contributed by atoms with Gasteiger partial charge in [0.2, 0.25) is 5.91 Å². The van der Waals surface area contributed by atoms with Crippen LogP contribution in [0.25, 0.3) is 0 Å². The monoisotopic (exact) mass is 395 g/mol. The molecular formula is C25H37N3O. The fourth-order valence-electron chi connectivity index (χ4n) is 6.43. The van der Waals surface area contributed by atoms with Crippen LogP contribution < -0.4 is 10.2 Å². The first-order valence-corrected chi connectivity index (χ1v) is 12.0. The highest BCUT2D eigenvalue weighted by Crippen LogP contribution is 2.47. The summed E-state index contributed by atoms with van der Waals surface area (Å²) in [7, 11) is 0. The van der Waals surface area contributed by atoms with Gasteiger partial charge in [-0.3, -0.25) is 9.69 Å². The molecule has 2 heterocycles. The van der Waals surface area contributed by atoms with Crippen molar-refractivity contribution in [3.05, 3.63) is 23.8 Å². The second-order valence-corrected chi connectivity index (χ2v) is 10.2. The number of benzene rings is 1. The fraction of sp³-hybridized carbons (Fsp3) is 0.720. The largest absolute Gasteiger partial charge is 0.370 e. The van der Waals surface area contributed by atoms with Crippen molar-refractivity contribution in [3.63, 3.8) is 0 Å². The summed E-state index contributed by atoms with van der Waals surface area (Å²) in [5.74, 6) is 2.21. The molecule has 4 heteroatoms. The van der Waals surface area contributed by atoms with E-state index in [-0.39, 0.29) is 11.8 Å². The van der Waals surface area contributed by atoms with Crippen molar-refractivity contribution in [3.8, 4) is 0 Å². The summed E-state index contributed by atoms with van der Waals surface area (Å²) in [6, 6.07) is 8.06. The maximum Gasteiger partial charge on any atom is 0.227 e. The minimum atomic E-state index is 0.220. The van der Waals surface area contributed by atoms with Gasteiger partial charge in [-0.25, -0.2) is 0 Å². The van der Waals surface area contributed by atoms with Crippen LogP contribution in [-0.4, -0.2) is 42.5 Å². The lowest BCUT2D eigenvalue weighted by Gasteiger charge is -2.43. The summed E-state index contributed by atoms with van der Waals surface area (Å²) < 4.78 is 0. The highest BCUT2D eigenvalue weighted by molar-refractivity contribution is 5.93. The number of nitrogens with zero attached hydrogens (tertiary/aromatic N) is 2. The summed E-state index contributed by atoms with van der Waals surface area (Å²) in [6.45, 7) is 8.07. The zero-order valence-corrected chi connectivity index (χ0v) is 18.2. The third-order valence-electron chi connectivity index (χ3n) is 8.49. The topological polar surface area (TPSA) is 35.6 Å². The van der Waals surface area contributed by atoms with Gasteiger partial charge in [0.25, 0.3) is 0 Å². The SMILES string of the molecule is Cc1cc(N2CCC(N3CCCC3C)C2)ccc1NC(=O)C1CCC2CC[C@H]2C1. The Bertz CT molecular complexity index is 762. The van der Waals surface area contributed by atoms with Gasteiger partial charge in [-0.05, 0) is 107 Å². The molecular weight excluding hydrogens is 358 g/mol. The fourth-order valence-corrected chi connectivity index (χ4v) is 6.43. The second-order valence-electron chi connectivity index (χ2n) is 10.2. The number of anilines is 2. The van der Waals surface area contributed by atoms with Crippen LogP contribution in [0.1, 0.15) is 63.9 Å². The standard InChI is InChI=1S/C25H37N3O/c1-17-14-22(27-13-11-23(16-27)28-12-3-4-18(28)2)9-10-24(17)26-25(29)21-8-6-19-5-7-20(19)15-21/h9-10,14,18-21,23H,3-8,11-13,15-16H2,1-2H3,(H,26,29)/t18?,19?,20-,21?,23?/m0/s1. The van der Waals surface area contributed by atoms with Crippen LogP contribution in [-0.2, 0) is 4.79 Å². The molecule has 2 aliphatic carbocycles. The average Bonchev–Trinajstić information content (AvgIpc) is 3.33. The van der Waals surface area contributed by atoms with E-state index in [4.69, 9.17) is 0 Å². The van der Waals surface area contributed by atoms with Crippen LogP contribution >= 0.6 is 0 Å². The van der Waals surface area contributed by atoms with Gasteiger partial charge < -0.3 is 10.2 Å². The van der Waals surface area contributed by atoms with E-state index in [1.165, 1.54) is 56.3 Å². The Balaban J connectivity index is 1.20. The predicted molar refractivity (Wildman–Crippen MR) is 119 cm³/mol. The number of nitrogens with one attached hydrogen (secondary N) is 1. The van der Waals surface area contributed by atoms with E-state index in [9.17, 15) is 4.79 Å². The molecule has 1 N–H and O–H groups in total. The molecule has 1 amide bonds. The normalized spacial score (nSPS) is 34.7. The summed E-state index contributed by atoms with van der Waals surface area (Å²) in [5, 5.41) is 3.25. The molecule has 4 aliphatic rings. The Morgan fingerprint density at radius 1 is 1.03 bits per heavy atom. The molecule has 0 aromatic heterocycles. The third kappa shape index (κ3) is 3.81. The Labute approximate surface area is 176 Å². The van der Waals surface area contributed by atoms with E-state index in [0.29, 0.717) is 6.04 Å². The number of rotatable bonds is 4. The number of fused-ring (bicyclic) bond motifs is 1. The molecule has 2 saturated heterocycles. The molecule has 2 saturated carbocycles. The number of carbonyl (C=O) groups is 1. The molecule has 4 unspecified atom stereocenters. The van der Waals surface area contributed by atoms with Gasteiger partial charge in [-0.2, -0.15) is 0 Å². The van der Waals surface area contributed by atoms with E-state index in [1.54, 1.807) is 0 Å². The van der Waals surface area contributed by atoms with Crippen LogP contribution in [0.4, 0.5) is 11.4 Å². The van der Waals surface area contributed by atoms with Crippen LogP contribution in [0.15, 0.2) is 18.2 Å². The lowest BCUT2D eigenvalue weighted by molar-refractivity contribution is -0.122. The molecule has 29 heavy (non-hydrogen) atoms. The Morgan fingerprint density at radius 2 is 1.86 bits per heavy atom. The van der Waals surface area contributed by atoms with Crippen LogP contribution in [0.2, 0.25) is 0 Å². The first-order valence-electron chi connectivity index (χ1n) is 12.0. The van der Waals surface area contributed by atoms with Crippen LogP contribution in [0.3, 0.4) is 0 Å². The maximum atomic E-state index is 12.8. The van der Waals surface area contributed by atoms with E-state index in [2.05, 4.69) is 47.2 Å². The van der Waals surface area contributed by atoms with Crippen molar-refractivity contribution in [2.45, 2.75) is 77.3 Å². The maximum absolute atomic E-state index is 12.8. The highest BCUT2D eigenvalue weighted by Gasteiger charge is 2.39. The predicted octanol–water partition coefficient (Wildman–Crippen LogP) is 4.82. The second kappa shape index (κ2) is 7.94. The van der Waals surface area contributed by atoms with Gasteiger partial charge in [-0.1, -0.05) is 0 Å². The van der Waals surface area contributed by atoms with Crippen LogP contribution in [0, 0.1) is 24.7 Å². The van der Waals surface area contributed by atoms with Gasteiger partial charge in [0, 0.05) is 42.5 Å². The molecule has 1 aromatic carbocycles. The molecule has 5 atom stereocenters.